The van der Waals surface area contributed by atoms with E-state index in [9.17, 15) is 0 Å². The minimum absolute atomic E-state index is 0.362. The van der Waals surface area contributed by atoms with Crippen molar-refractivity contribution in [2.45, 2.75) is 58.5 Å². The lowest BCUT2D eigenvalue weighted by Crippen LogP contribution is -2.08. The Balaban J connectivity index is 1.72. The number of aromatic nitrogens is 1. The number of rotatable bonds is 14. The lowest BCUT2D eigenvalue weighted by Gasteiger charge is -2.12. The van der Waals surface area contributed by atoms with Crippen molar-refractivity contribution in [1.29, 1.82) is 0 Å². The highest BCUT2D eigenvalue weighted by molar-refractivity contribution is 5.62. The van der Waals surface area contributed by atoms with Crippen molar-refractivity contribution in [3.8, 4) is 17.0 Å². The van der Waals surface area contributed by atoms with Gasteiger partial charge in [0.25, 0.3) is 0 Å². The molecule has 1 aromatic carbocycles. The summed E-state index contributed by atoms with van der Waals surface area (Å²) in [5.74, 6) is 0.758. The molecule has 0 saturated carbocycles. The molecule has 0 amide bonds. The third-order valence-electron chi connectivity index (χ3n) is 4.75. The van der Waals surface area contributed by atoms with Crippen LogP contribution in [0.25, 0.3) is 17.3 Å². The molecular weight excluding hydrogens is 358 g/mol. The maximum Gasteiger partial charge on any atom is 0.138 e. The van der Waals surface area contributed by atoms with Crippen LogP contribution in [0.3, 0.4) is 0 Å². The highest BCUT2D eigenvalue weighted by Crippen LogP contribution is 2.20. The number of unbranched alkanes of at least 4 members (excludes halogenated alkanes) is 3. The molecule has 1 atom stereocenters. The lowest BCUT2D eigenvalue weighted by atomic mass is 10.1. The predicted molar refractivity (Wildman–Crippen MR) is 123 cm³/mol. The summed E-state index contributed by atoms with van der Waals surface area (Å²) in [6.07, 6.45) is 15.3. The second-order valence-corrected chi connectivity index (χ2v) is 7.32. The van der Waals surface area contributed by atoms with Crippen LogP contribution >= 0.6 is 0 Å². The second kappa shape index (κ2) is 13.7. The van der Waals surface area contributed by atoms with Crippen LogP contribution in [0.5, 0.6) is 5.75 Å². The Bertz CT molecular complexity index is 719. The van der Waals surface area contributed by atoms with Gasteiger partial charge >= 0.3 is 0 Å². The largest absolute Gasteiger partial charge is 0.488 e. The molecule has 1 unspecified atom stereocenters. The van der Waals surface area contributed by atoms with Gasteiger partial charge in [-0.3, -0.25) is 4.98 Å². The smallest absolute Gasteiger partial charge is 0.138 e. The number of benzene rings is 1. The van der Waals surface area contributed by atoms with E-state index in [2.05, 4.69) is 61.8 Å². The molecule has 1 heterocycles. The van der Waals surface area contributed by atoms with Crippen LogP contribution in [0, 0.1) is 0 Å². The van der Waals surface area contributed by atoms with E-state index in [0.717, 1.165) is 42.9 Å². The molecule has 0 radical (unpaired) electrons. The molecule has 0 bridgehead atoms. The molecule has 0 aliphatic carbocycles. The SMILES string of the molecule is C=CCOc1ccc(-c2ccc(/C=C/CCCC(C)OCCCCC)cc2)nc1. The summed E-state index contributed by atoms with van der Waals surface area (Å²) >= 11 is 0. The molecule has 3 nitrogen and oxygen atoms in total. The van der Waals surface area contributed by atoms with Gasteiger partial charge in [-0.15, -0.1) is 0 Å². The van der Waals surface area contributed by atoms with Crippen molar-refractivity contribution in [2.75, 3.05) is 13.2 Å². The number of hydrogen-bond acceptors (Lipinski definition) is 3. The fourth-order valence-corrected chi connectivity index (χ4v) is 3.02. The van der Waals surface area contributed by atoms with Crippen LogP contribution in [0.2, 0.25) is 0 Å². The Labute approximate surface area is 176 Å². The molecule has 1 aromatic heterocycles. The van der Waals surface area contributed by atoms with E-state index < -0.39 is 0 Å². The predicted octanol–water partition coefficient (Wildman–Crippen LogP) is 7.09. The topological polar surface area (TPSA) is 31.4 Å². The number of ether oxygens (including phenoxy) is 2. The van der Waals surface area contributed by atoms with E-state index in [1.807, 2.05) is 12.1 Å². The number of pyridine rings is 1. The average Bonchev–Trinajstić information content (AvgIpc) is 2.76. The van der Waals surface area contributed by atoms with E-state index in [1.165, 1.54) is 24.8 Å². The van der Waals surface area contributed by atoms with Gasteiger partial charge in [-0.1, -0.05) is 68.8 Å². The maximum absolute atomic E-state index is 5.85. The molecule has 2 rings (SSSR count). The Morgan fingerprint density at radius 3 is 2.59 bits per heavy atom. The van der Waals surface area contributed by atoms with E-state index in [4.69, 9.17) is 9.47 Å². The van der Waals surface area contributed by atoms with Crippen molar-refractivity contribution in [2.24, 2.45) is 0 Å². The Kier molecular flexibility index (Phi) is 10.8. The van der Waals surface area contributed by atoms with E-state index in [-0.39, 0.29) is 0 Å². The van der Waals surface area contributed by atoms with Crippen LogP contribution in [0.4, 0.5) is 0 Å². The fraction of sp³-hybridized carbons (Fsp3) is 0.423. The molecular formula is C26H35NO2. The van der Waals surface area contributed by atoms with Gasteiger partial charge in [0.05, 0.1) is 18.0 Å². The van der Waals surface area contributed by atoms with Gasteiger partial charge < -0.3 is 9.47 Å². The van der Waals surface area contributed by atoms with E-state index in [0.29, 0.717) is 12.7 Å². The first-order valence-corrected chi connectivity index (χ1v) is 10.8. The highest BCUT2D eigenvalue weighted by atomic mass is 16.5. The van der Waals surface area contributed by atoms with Crippen molar-refractivity contribution in [1.82, 2.24) is 4.98 Å². The van der Waals surface area contributed by atoms with Gasteiger partial charge in [0.1, 0.15) is 12.4 Å². The second-order valence-electron chi connectivity index (χ2n) is 7.32. The number of nitrogens with zero attached hydrogens (tertiary/aromatic N) is 1. The number of allylic oxidation sites excluding steroid dienone is 1. The van der Waals surface area contributed by atoms with Crippen molar-refractivity contribution < 1.29 is 9.47 Å². The Morgan fingerprint density at radius 2 is 1.90 bits per heavy atom. The molecule has 0 saturated heterocycles. The monoisotopic (exact) mass is 393 g/mol. The molecule has 156 valence electrons. The summed E-state index contributed by atoms with van der Waals surface area (Å²) in [5.41, 5.74) is 3.26. The third kappa shape index (κ3) is 9.10. The number of hydrogen-bond donors (Lipinski definition) is 0. The third-order valence-corrected chi connectivity index (χ3v) is 4.75. The van der Waals surface area contributed by atoms with Gasteiger partial charge in [0.2, 0.25) is 0 Å². The summed E-state index contributed by atoms with van der Waals surface area (Å²) in [6, 6.07) is 12.4. The molecule has 2 aromatic rings. The van der Waals surface area contributed by atoms with Crippen molar-refractivity contribution in [3.05, 3.63) is 66.9 Å². The molecule has 0 aliphatic heterocycles. The lowest BCUT2D eigenvalue weighted by molar-refractivity contribution is 0.0566. The summed E-state index contributed by atoms with van der Waals surface area (Å²) in [4.78, 5) is 4.48. The van der Waals surface area contributed by atoms with Crippen molar-refractivity contribution >= 4 is 6.08 Å². The summed E-state index contributed by atoms with van der Waals surface area (Å²) < 4.78 is 11.3. The van der Waals surface area contributed by atoms with Gasteiger partial charge in [-0.2, -0.15) is 0 Å². The van der Waals surface area contributed by atoms with Gasteiger partial charge in [0.15, 0.2) is 0 Å². The van der Waals surface area contributed by atoms with E-state index >= 15 is 0 Å². The summed E-state index contributed by atoms with van der Waals surface area (Å²) in [6.45, 7) is 9.44. The van der Waals surface area contributed by atoms with E-state index in [1.54, 1.807) is 12.3 Å². The normalized spacial score (nSPS) is 12.2. The van der Waals surface area contributed by atoms with Crippen LogP contribution in [-0.4, -0.2) is 24.3 Å². The Hall–Kier alpha value is -2.39. The standard InChI is InChI=1S/C26H35NO2/c1-4-6-10-20-28-22(3)11-8-7-9-12-23-13-15-24(16-14-23)26-18-17-25(21-27-26)29-19-5-2/h5,9,12-18,21-22H,2,4,6-8,10-11,19-20H2,1,3H3/b12-9+. The van der Waals surface area contributed by atoms with Gasteiger partial charge in [-0.05, 0) is 50.3 Å². The maximum atomic E-state index is 5.85. The van der Waals surface area contributed by atoms with Crippen LogP contribution in [-0.2, 0) is 4.74 Å². The molecule has 0 N–H and O–H groups in total. The highest BCUT2D eigenvalue weighted by Gasteiger charge is 2.02. The summed E-state index contributed by atoms with van der Waals surface area (Å²) in [7, 11) is 0. The minimum Gasteiger partial charge on any atom is -0.488 e. The molecule has 0 fully saturated rings. The van der Waals surface area contributed by atoms with Crippen LogP contribution < -0.4 is 4.74 Å². The molecule has 0 aliphatic rings. The quantitative estimate of drug-likeness (QED) is 0.253. The van der Waals surface area contributed by atoms with Crippen molar-refractivity contribution in [3.63, 3.8) is 0 Å². The zero-order valence-corrected chi connectivity index (χ0v) is 18.0. The van der Waals surface area contributed by atoms with Crippen LogP contribution in [0.1, 0.15) is 57.9 Å². The first kappa shape index (κ1) is 22.9. The molecule has 0 spiro atoms. The zero-order chi connectivity index (χ0) is 20.7. The fourth-order valence-electron chi connectivity index (χ4n) is 3.02. The summed E-state index contributed by atoms with van der Waals surface area (Å²) in [5, 5.41) is 0. The van der Waals surface area contributed by atoms with Gasteiger partial charge in [0, 0.05) is 12.2 Å². The Morgan fingerprint density at radius 1 is 1.07 bits per heavy atom. The zero-order valence-electron chi connectivity index (χ0n) is 18.0. The molecule has 3 heteroatoms. The first-order valence-electron chi connectivity index (χ1n) is 10.8. The average molecular weight is 394 g/mol. The first-order chi connectivity index (χ1) is 14.2. The minimum atomic E-state index is 0.362. The van der Waals surface area contributed by atoms with Gasteiger partial charge in [-0.25, -0.2) is 0 Å². The molecule has 29 heavy (non-hydrogen) atoms. The van der Waals surface area contributed by atoms with Crippen LogP contribution in [0.15, 0.2) is 61.3 Å².